The molecule has 0 saturated carbocycles. The van der Waals surface area contributed by atoms with Gasteiger partial charge in [0.05, 0.1) is 12.0 Å². The lowest BCUT2D eigenvalue weighted by atomic mass is 10.1. The van der Waals surface area contributed by atoms with Gasteiger partial charge in [0.2, 0.25) is 5.91 Å². The van der Waals surface area contributed by atoms with Crippen LogP contribution in [-0.2, 0) is 14.4 Å². The summed E-state index contributed by atoms with van der Waals surface area (Å²) in [5, 5.41) is 21.9. The maximum Gasteiger partial charge on any atom is 0.303 e. The number of hydrogen-bond donors (Lipinski definition) is 2. The molecule has 168 valence electrons. The van der Waals surface area contributed by atoms with Crippen LogP contribution in [0.3, 0.4) is 0 Å². The molecule has 1 amide bonds. The van der Waals surface area contributed by atoms with Gasteiger partial charge in [0, 0.05) is 12.8 Å². The molecule has 0 bridgehead atoms. The quantitative estimate of drug-likeness (QED) is 0.232. The second-order valence-electron chi connectivity index (χ2n) is 7.71. The van der Waals surface area contributed by atoms with Crippen molar-refractivity contribution < 1.29 is 24.6 Å². The fourth-order valence-electron chi connectivity index (χ4n) is 3.14. The molecule has 0 spiro atoms. The third-order valence-corrected chi connectivity index (χ3v) is 4.93. The Labute approximate surface area is 176 Å². The van der Waals surface area contributed by atoms with Crippen molar-refractivity contribution in [3.8, 4) is 0 Å². The van der Waals surface area contributed by atoms with Gasteiger partial charge in [0.1, 0.15) is 0 Å². The molecule has 0 radical (unpaired) electrons. The topological polar surface area (TPSA) is 107 Å². The molecular weight excluding hydrogens is 370 g/mol. The van der Waals surface area contributed by atoms with Crippen molar-refractivity contribution in [3.05, 3.63) is 12.2 Å². The van der Waals surface area contributed by atoms with Gasteiger partial charge in [-0.15, -0.1) is 0 Å². The predicted molar refractivity (Wildman–Crippen MR) is 113 cm³/mol. The maximum atomic E-state index is 11.8. The van der Waals surface area contributed by atoms with E-state index < -0.39 is 18.0 Å². The average Bonchev–Trinajstić information content (AvgIpc) is 2.67. The molecule has 1 unspecified atom stereocenters. The molecule has 0 saturated heterocycles. The number of allylic oxidation sites excluding steroid dienone is 2. The van der Waals surface area contributed by atoms with Gasteiger partial charge in [-0.2, -0.15) is 0 Å². The van der Waals surface area contributed by atoms with E-state index in [1.165, 1.54) is 44.9 Å². The molecule has 6 heteroatoms. The summed E-state index contributed by atoms with van der Waals surface area (Å²) in [4.78, 5) is 33.2. The highest BCUT2D eigenvalue weighted by Gasteiger charge is 2.14. The molecule has 0 aromatic heterocycles. The number of hydrogen-bond acceptors (Lipinski definition) is 4. The third kappa shape index (κ3) is 19.2. The summed E-state index contributed by atoms with van der Waals surface area (Å²) >= 11 is 0. The van der Waals surface area contributed by atoms with Crippen LogP contribution in [-0.4, -0.2) is 29.0 Å². The van der Waals surface area contributed by atoms with Crippen molar-refractivity contribution >= 4 is 17.8 Å². The van der Waals surface area contributed by atoms with Crippen LogP contribution in [0.1, 0.15) is 110 Å². The molecule has 0 fully saturated rings. The predicted octanol–water partition coefficient (Wildman–Crippen LogP) is 4.12. The number of aliphatic carboxylic acids is 2. The zero-order valence-corrected chi connectivity index (χ0v) is 18.1. The molecule has 0 aliphatic heterocycles. The van der Waals surface area contributed by atoms with Crippen LogP contribution in [0, 0.1) is 0 Å². The number of nitrogens with one attached hydrogen (secondary N) is 1. The Morgan fingerprint density at radius 3 is 1.86 bits per heavy atom. The summed E-state index contributed by atoms with van der Waals surface area (Å²) in [6.45, 7) is 2.24. The molecule has 2 N–H and O–H groups in total. The minimum atomic E-state index is -1.44. The van der Waals surface area contributed by atoms with E-state index in [1.807, 2.05) is 0 Å². The zero-order valence-electron chi connectivity index (χ0n) is 18.1. The Balaban J connectivity index is 3.54. The lowest BCUT2D eigenvalue weighted by Crippen LogP contribution is -2.48. The first-order chi connectivity index (χ1) is 14.0. The van der Waals surface area contributed by atoms with Gasteiger partial charge >= 0.3 is 5.97 Å². The van der Waals surface area contributed by atoms with Crippen molar-refractivity contribution in [1.82, 2.24) is 5.32 Å². The van der Waals surface area contributed by atoms with Crippen molar-refractivity contribution in [3.63, 3.8) is 0 Å². The van der Waals surface area contributed by atoms with Crippen molar-refractivity contribution in [2.24, 2.45) is 0 Å². The minimum absolute atomic E-state index is 0.157. The van der Waals surface area contributed by atoms with Crippen LogP contribution in [0.25, 0.3) is 0 Å². The number of carbonyl (C=O) groups excluding carboxylic acids is 2. The Morgan fingerprint density at radius 2 is 1.34 bits per heavy atom. The fourth-order valence-corrected chi connectivity index (χ4v) is 3.14. The fraction of sp³-hybridized carbons (Fsp3) is 0.783. The Bertz CT molecular complexity index is 476. The molecule has 0 aliphatic carbocycles. The average molecular weight is 411 g/mol. The number of carboxylic acids is 2. The molecule has 1 atom stereocenters. The number of unbranched alkanes of at least 4 members (excludes halogenated alkanes) is 11. The van der Waals surface area contributed by atoms with E-state index in [1.54, 1.807) is 0 Å². The van der Waals surface area contributed by atoms with Gasteiger partial charge in [0.25, 0.3) is 0 Å². The van der Waals surface area contributed by atoms with Crippen molar-refractivity contribution in [1.29, 1.82) is 0 Å². The lowest BCUT2D eigenvalue weighted by molar-refractivity contribution is -0.308. The second kappa shape index (κ2) is 19.5. The number of carbonyl (C=O) groups is 3. The number of rotatable bonds is 20. The van der Waals surface area contributed by atoms with E-state index in [9.17, 15) is 19.5 Å². The van der Waals surface area contributed by atoms with E-state index in [4.69, 9.17) is 5.11 Å². The maximum absolute atomic E-state index is 11.8. The van der Waals surface area contributed by atoms with Gasteiger partial charge in [-0.3, -0.25) is 9.59 Å². The van der Waals surface area contributed by atoms with Crippen LogP contribution in [0.5, 0.6) is 0 Å². The van der Waals surface area contributed by atoms with Crippen LogP contribution in [0.2, 0.25) is 0 Å². The van der Waals surface area contributed by atoms with Gasteiger partial charge < -0.3 is 20.3 Å². The van der Waals surface area contributed by atoms with Crippen molar-refractivity contribution in [2.45, 2.75) is 116 Å². The number of carboxylic acid groups (broad SMARTS) is 2. The van der Waals surface area contributed by atoms with Crippen LogP contribution in [0.15, 0.2) is 12.2 Å². The summed E-state index contributed by atoms with van der Waals surface area (Å²) < 4.78 is 0. The Morgan fingerprint density at radius 1 is 0.828 bits per heavy atom. The molecule has 0 aromatic carbocycles. The van der Waals surface area contributed by atoms with E-state index in [0.29, 0.717) is 6.42 Å². The summed E-state index contributed by atoms with van der Waals surface area (Å²) in [5.74, 6) is -2.89. The third-order valence-electron chi connectivity index (χ3n) is 4.93. The molecule has 6 nitrogen and oxygen atoms in total. The van der Waals surface area contributed by atoms with E-state index in [-0.39, 0.29) is 25.2 Å². The molecule has 0 rings (SSSR count). The van der Waals surface area contributed by atoms with E-state index in [0.717, 1.165) is 32.1 Å². The zero-order chi connectivity index (χ0) is 21.7. The SMILES string of the molecule is CCCCCCCCC=CCCCCCCCC(=O)NC(CCC(=O)O)C(=O)[O-]. The first-order valence-corrected chi connectivity index (χ1v) is 11.3. The lowest BCUT2D eigenvalue weighted by Gasteiger charge is -2.18. The Kier molecular flexibility index (Phi) is 18.2. The standard InChI is InChI=1S/C23H41NO5/c1-2-3-4-5-6-7-8-9-10-11-12-13-14-15-16-17-21(25)24-20(23(28)29)18-19-22(26)27/h9-10,20H,2-8,11-19H2,1H3,(H,24,25)(H,26,27)(H,28,29)/p-1. The highest BCUT2D eigenvalue weighted by molar-refractivity contribution is 5.83. The van der Waals surface area contributed by atoms with Crippen LogP contribution < -0.4 is 10.4 Å². The van der Waals surface area contributed by atoms with Gasteiger partial charge in [-0.25, -0.2) is 0 Å². The first kappa shape index (κ1) is 27.1. The monoisotopic (exact) mass is 410 g/mol. The normalized spacial score (nSPS) is 12.2. The summed E-state index contributed by atoms with van der Waals surface area (Å²) in [6, 6.07) is -1.23. The van der Waals surface area contributed by atoms with Crippen molar-refractivity contribution in [2.75, 3.05) is 0 Å². The molecular formula is C23H40NO5-. The second-order valence-corrected chi connectivity index (χ2v) is 7.71. The molecule has 0 aromatic rings. The summed E-state index contributed by atoms with van der Waals surface area (Å²) in [6.07, 6.45) is 19.6. The highest BCUT2D eigenvalue weighted by Crippen LogP contribution is 2.10. The smallest absolute Gasteiger partial charge is 0.303 e. The van der Waals surface area contributed by atoms with E-state index >= 15 is 0 Å². The van der Waals surface area contributed by atoms with Gasteiger partial charge in [-0.05, 0) is 38.5 Å². The van der Waals surface area contributed by atoms with Crippen LogP contribution in [0.4, 0.5) is 0 Å². The van der Waals surface area contributed by atoms with Gasteiger partial charge in [0.15, 0.2) is 0 Å². The highest BCUT2D eigenvalue weighted by atomic mass is 16.4. The number of amides is 1. The summed E-state index contributed by atoms with van der Waals surface area (Å²) in [7, 11) is 0. The summed E-state index contributed by atoms with van der Waals surface area (Å²) in [5.41, 5.74) is 0. The molecule has 0 heterocycles. The first-order valence-electron chi connectivity index (χ1n) is 11.3. The van der Waals surface area contributed by atoms with Gasteiger partial charge in [-0.1, -0.05) is 70.4 Å². The Hall–Kier alpha value is -1.85. The molecule has 29 heavy (non-hydrogen) atoms. The van der Waals surface area contributed by atoms with E-state index in [2.05, 4.69) is 24.4 Å². The van der Waals surface area contributed by atoms with Crippen LogP contribution >= 0.6 is 0 Å². The minimum Gasteiger partial charge on any atom is -0.548 e. The largest absolute Gasteiger partial charge is 0.548 e. The molecule has 0 aliphatic rings.